The predicted octanol–water partition coefficient (Wildman–Crippen LogP) is 3.69. The molecule has 1 aromatic rings. The lowest BCUT2D eigenvalue weighted by Crippen LogP contribution is -2.38. The minimum Gasteiger partial charge on any atom is -0.496 e. The van der Waals surface area contributed by atoms with Crippen LogP contribution in [-0.4, -0.2) is 27.4 Å². The third-order valence-corrected chi connectivity index (χ3v) is 4.55. The lowest BCUT2D eigenvalue weighted by Gasteiger charge is -2.35. The highest BCUT2D eigenvalue weighted by atomic mass is 19.1. The molecule has 1 fully saturated rings. The van der Waals surface area contributed by atoms with Crippen LogP contribution in [0.1, 0.15) is 43.7 Å². The molecule has 0 bridgehead atoms. The second-order valence-corrected chi connectivity index (χ2v) is 5.75. The number of ether oxygens (including phenoxy) is 2. The molecule has 0 aromatic heterocycles. The molecule has 21 heavy (non-hydrogen) atoms. The fourth-order valence-corrected chi connectivity index (χ4v) is 3.51. The number of hydrogen-bond acceptors (Lipinski definition) is 3. The molecule has 1 aliphatic rings. The molecule has 0 saturated heterocycles. The molecule has 118 valence electrons. The lowest BCUT2D eigenvalue weighted by molar-refractivity contribution is 0.00881. The number of rotatable bonds is 6. The highest BCUT2D eigenvalue weighted by Crippen LogP contribution is 2.37. The zero-order valence-corrected chi connectivity index (χ0v) is 13.2. The molecule has 1 aliphatic carbocycles. The minimum atomic E-state index is -0.246. The molecule has 3 nitrogen and oxygen atoms in total. The summed E-state index contributed by atoms with van der Waals surface area (Å²) in [5, 5.41) is 3.30. The molecule has 1 aromatic carbocycles. The molecular weight excluding hydrogens is 269 g/mol. The van der Waals surface area contributed by atoms with E-state index in [-0.39, 0.29) is 18.0 Å². The number of benzene rings is 1. The summed E-state index contributed by atoms with van der Waals surface area (Å²) in [4.78, 5) is 0. The number of halogens is 1. The molecule has 1 N–H and O–H groups in total. The zero-order chi connectivity index (χ0) is 15.2. The van der Waals surface area contributed by atoms with Crippen LogP contribution in [0.3, 0.4) is 0 Å². The average molecular weight is 295 g/mol. The molecule has 0 radical (unpaired) electrons. The van der Waals surface area contributed by atoms with Crippen LogP contribution >= 0.6 is 0 Å². The van der Waals surface area contributed by atoms with Gasteiger partial charge in [-0.2, -0.15) is 0 Å². The van der Waals surface area contributed by atoms with Crippen LogP contribution in [0.4, 0.5) is 4.39 Å². The van der Waals surface area contributed by atoms with E-state index in [2.05, 4.69) is 5.32 Å². The second-order valence-electron chi connectivity index (χ2n) is 5.75. The summed E-state index contributed by atoms with van der Waals surface area (Å²) in [6.07, 6.45) is 6.19. The average Bonchev–Trinajstić information content (AvgIpc) is 2.53. The van der Waals surface area contributed by atoms with Gasteiger partial charge in [0.15, 0.2) is 0 Å². The maximum absolute atomic E-state index is 13.7. The first-order valence-electron chi connectivity index (χ1n) is 7.74. The van der Waals surface area contributed by atoms with E-state index in [1.54, 1.807) is 26.4 Å². The largest absolute Gasteiger partial charge is 0.496 e. The standard InChI is InChI=1S/C17H26FNO2/c1-19-16(14-11-13(18)9-10-15(14)20-2)17(21-3)12-7-5-4-6-8-12/h9-12,16-17,19H,4-8H2,1-3H3. The van der Waals surface area contributed by atoms with Crippen LogP contribution in [0, 0.1) is 11.7 Å². The van der Waals surface area contributed by atoms with Crippen molar-refractivity contribution in [1.82, 2.24) is 5.32 Å². The Morgan fingerprint density at radius 2 is 1.90 bits per heavy atom. The Bertz CT molecular complexity index is 446. The van der Waals surface area contributed by atoms with Gasteiger partial charge in [0.25, 0.3) is 0 Å². The van der Waals surface area contributed by atoms with Gasteiger partial charge in [0, 0.05) is 12.7 Å². The van der Waals surface area contributed by atoms with E-state index in [0.29, 0.717) is 11.7 Å². The Labute approximate surface area is 126 Å². The van der Waals surface area contributed by atoms with Crippen molar-refractivity contribution in [2.75, 3.05) is 21.3 Å². The van der Waals surface area contributed by atoms with E-state index in [1.807, 2.05) is 7.05 Å². The van der Waals surface area contributed by atoms with Gasteiger partial charge in [0.05, 0.1) is 19.3 Å². The first-order chi connectivity index (χ1) is 10.2. The van der Waals surface area contributed by atoms with Gasteiger partial charge in [-0.1, -0.05) is 19.3 Å². The van der Waals surface area contributed by atoms with Crippen LogP contribution in [0.25, 0.3) is 0 Å². The Balaban J connectivity index is 2.29. The predicted molar refractivity (Wildman–Crippen MR) is 82.1 cm³/mol. The third kappa shape index (κ3) is 3.74. The fraction of sp³-hybridized carbons (Fsp3) is 0.647. The van der Waals surface area contributed by atoms with Crippen LogP contribution in [0.2, 0.25) is 0 Å². The molecule has 2 atom stereocenters. The van der Waals surface area contributed by atoms with Gasteiger partial charge in [-0.3, -0.25) is 0 Å². The summed E-state index contributed by atoms with van der Waals surface area (Å²) in [5.74, 6) is 0.965. The maximum Gasteiger partial charge on any atom is 0.123 e. The monoisotopic (exact) mass is 295 g/mol. The minimum absolute atomic E-state index is 0.0333. The summed E-state index contributed by atoms with van der Waals surface area (Å²) < 4.78 is 24.9. The molecule has 2 unspecified atom stereocenters. The van der Waals surface area contributed by atoms with Gasteiger partial charge in [-0.15, -0.1) is 0 Å². The lowest BCUT2D eigenvalue weighted by atomic mass is 9.80. The number of likely N-dealkylation sites (N-methyl/N-ethyl adjacent to an activating group) is 1. The highest BCUT2D eigenvalue weighted by Gasteiger charge is 2.32. The Morgan fingerprint density at radius 3 is 2.48 bits per heavy atom. The normalized spacial score (nSPS) is 19.2. The van der Waals surface area contributed by atoms with E-state index >= 15 is 0 Å². The fourth-order valence-electron chi connectivity index (χ4n) is 3.51. The molecule has 2 rings (SSSR count). The Morgan fingerprint density at radius 1 is 1.19 bits per heavy atom. The van der Waals surface area contributed by atoms with E-state index in [4.69, 9.17) is 9.47 Å². The van der Waals surface area contributed by atoms with Crippen molar-refractivity contribution >= 4 is 0 Å². The number of nitrogens with one attached hydrogen (secondary N) is 1. The molecule has 0 spiro atoms. The van der Waals surface area contributed by atoms with Crippen LogP contribution in [-0.2, 0) is 4.74 Å². The summed E-state index contributed by atoms with van der Waals surface area (Å²) >= 11 is 0. The summed E-state index contributed by atoms with van der Waals surface area (Å²) in [6, 6.07) is 4.60. The smallest absolute Gasteiger partial charge is 0.123 e. The highest BCUT2D eigenvalue weighted by molar-refractivity contribution is 5.37. The summed E-state index contributed by atoms with van der Waals surface area (Å²) in [7, 11) is 5.26. The van der Waals surface area contributed by atoms with Gasteiger partial charge in [-0.05, 0) is 44.0 Å². The first kappa shape index (κ1) is 16.2. The summed E-state index contributed by atoms with van der Waals surface area (Å²) in [6.45, 7) is 0. The van der Waals surface area contributed by atoms with Crippen LogP contribution < -0.4 is 10.1 Å². The summed E-state index contributed by atoms with van der Waals surface area (Å²) in [5.41, 5.74) is 0.831. The van der Waals surface area contributed by atoms with Gasteiger partial charge >= 0.3 is 0 Å². The van der Waals surface area contributed by atoms with Gasteiger partial charge in [0.2, 0.25) is 0 Å². The van der Waals surface area contributed by atoms with Crippen LogP contribution in [0.15, 0.2) is 18.2 Å². The van der Waals surface area contributed by atoms with E-state index in [0.717, 1.165) is 5.56 Å². The molecular formula is C17H26FNO2. The molecule has 0 heterocycles. The molecule has 0 aliphatic heterocycles. The van der Waals surface area contributed by atoms with Crippen molar-refractivity contribution in [2.24, 2.45) is 5.92 Å². The number of methoxy groups -OCH3 is 2. The van der Waals surface area contributed by atoms with Crippen molar-refractivity contribution in [1.29, 1.82) is 0 Å². The maximum atomic E-state index is 13.7. The number of hydrogen-bond donors (Lipinski definition) is 1. The van der Waals surface area contributed by atoms with E-state index < -0.39 is 0 Å². The molecule has 0 amide bonds. The van der Waals surface area contributed by atoms with Gasteiger partial charge < -0.3 is 14.8 Å². The topological polar surface area (TPSA) is 30.5 Å². The second kappa shape index (κ2) is 7.76. The van der Waals surface area contributed by atoms with Crippen molar-refractivity contribution in [2.45, 2.75) is 44.2 Å². The van der Waals surface area contributed by atoms with Crippen molar-refractivity contribution in [3.63, 3.8) is 0 Å². The van der Waals surface area contributed by atoms with Crippen molar-refractivity contribution in [3.05, 3.63) is 29.6 Å². The van der Waals surface area contributed by atoms with E-state index in [9.17, 15) is 4.39 Å². The van der Waals surface area contributed by atoms with Crippen molar-refractivity contribution in [3.8, 4) is 5.75 Å². The quantitative estimate of drug-likeness (QED) is 0.868. The first-order valence-corrected chi connectivity index (χ1v) is 7.74. The van der Waals surface area contributed by atoms with Gasteiger partial charge in [0.1, 0.15) is 11.6 Å². The Kier molecular flexibility index (Phi) is 6.00. The van der Waals surface area contributed by atoms with Crippen LogP contribution in [0.5, 0.6) is 5.75 Å². The SMILES string of the molecule is CNC(c1cc(F)ccc1OC)C(OC)C1CCCCC1. The molecule has 4 heteroatoms. The third-order valence-electron chi connectivity index (χ3n) is 4.55. The molecule has 1 saturated carbocycles. The Hall–Kier alpha value is -1.13. The van der Waals surface area contributed by atoms with E-state index in [1.165, 1.54) is 38.2 Å². The van der Waals surface area contributed by atoms with Gasteiger partial charge in [-0.25, -0.2) is 4.39 Å². The zero-order valence-electron chi connectivity index (χ0n) is 13.2. The van der Waals surface area contributed by atoms with Crippen molar-refractivity contribution < 1.29 is 13.9 Å².